The third-order valence-electron chi connectivity index (χ3n) is 3.05. The zero-order valence-corrected chi connectivity index (χ0v) is 12.3. The molecule has 1 aliphatic heterocycles. The number of hydrogen-bond donors (Lipinski definition) is 2. The Balaban J connectivity index is 2.23. The van der Waals surface area contributed by atoms with Crippen molar-refractivity contribution in [3.63, 3.8) is 0 Å². The van der Waals surface area contributed by atoms with Crippen LogP contribution in [0.2, 0.25) is 0 Å². The molecular formula is C13H24N4O3. The fourth-order valence-electron chi connectivity index (χ4n) is 1.98. The van der Waals surface area contributed by atoms with E-state index in [-0.39, 0.29) is 11.8 Å². The van der Waals surface area contributed by atoms with E-state index in [0.29, 0.717) is 44.9 Å². The SMILES string of the molecule is CN=C(NCCCOC)NCCN1C(=O)CCCC1=O. The minimum absolute atomic E-state index is 0.0777. The number of likely N-dealkylation sites (tertiary alicyclic amines) is 1. The van der Waals surface area contributed by atoms with Crippen LogP contribution < -0.4 is 10.6 Å². The number of piperidine rings is 1. The maximum absolute atomic E-state index is 11.6. The lowest BCUT2D eigenvalue weighted by Gasteiger charge is -2.25. The predicted octanol–water partition coefficient (Wildman–Crippen LogP) is -0.273. The molecule has 1 rings (SSSR count). The van der Waals surface area contributed by atoms with E-state index in [1.807, 2.05) is 0 Å². The highest BCUT2D eigenvalue weighted by Crippen LogP contribution is 2.11. The minimum Gasteiger partial charge on any atom is -0.385 e. The Bertz CT molecular complexity index is 342. The molecule has 1 aliphatic rings. The van der Waals surface area contributed by atoms with Crippen LogP contribution in [0, 0.1) is 0 Å². The number of guanidine groups is 1. The van der Waals surface area contributed by atoms with Crippen molar-refractivity contribution in [2.24, 2.45) is 4.99 Å². The maximum atomic E-state index is 11.6. The maximum Gasteiger partial charge on any atom is 0.229 e. The van der Waals surface area contributed by atoms with Gasteiger partial charge in [0, 0.05) is 53.2 Å². The van der Waals surface area contributed by atoms with Gasteiger partial charge in [-0.2, -0.15) is 0 Å². The van der Waals surface area contributed by atoms with Crippen LogP contribution in [0.4, 0.5) is 0 Å². The molecule has 0 spiro atoms. The Hall–Kier alpha value is -1.63. The van der Waals surface area contributed by atoms with Gasteiger partial charge in [0.2, 0.25) is 11.8 Å². The molecule has 114 valence electrons. The van der Waals surface area contributed by atoms with Gasteiger partial charge in [-0.3, -0.25) is 19.5 Å². The topological polar surface area (TPSA) is 83.0 Å². The lowest BCUT2D eigenvalue weighted by Crippen LogP contribution is -2.46. The van der Waals surface area contributed by atoms with E-state index in [2.05, 4.69) is 15.6 Å². The highest BCUT2D eigenvalue weighted by molar-refractivity contribution is 5.97. The van der Waals surface area contributed by atoms with Crippen LogP contribution in [-0.4, -0.2) is 63.1 Å². The van der Waals surface area contributed by atoms with Crippen LogP contribution in [0.25, 0.3) is 0 Å². The van der Waals surface area contributed by atoms with Gasteiger partial charge in [-0.25, -0.2) is 0 Å². The monoisotopic (exact) mass is 284 g/mol. The summed E-state index contributed by atoms with van der Waals surface area (Å²) in [4.78, 5) is 28.6. The van der Waals surface area contributed by atoms with E-state index in [1.54, 1.807) is 14.2 Å². The number of nitrogens with zero attached hydrogens (tertiary/aromatic N) is 2. The molecule has 0 saturated carbocycles. The van der Waals surface area contributed by atoms with Crippen LogP contribution >= 0.6 is 0 Å². The molecule has 0 aromatic rings. The molecule has 0 bridgehead atoms. The number of aliphatic imine (C=N–C) groups is 1. The Kier molecular flexibility index (Phi) is 7.64. The van der Waals surface area contributed by atoms with Gasteiger partial charge in [0.1, 0.15) is 0 Å². The second-order valence-electron chi connectivity index (χ2n) is 4.56. The smallest absolute Gasteiger partial charge is 0.229 e. The number of carbonyl (C=O) groups excluding carboxylic acids is 2. The Morgan fingerprint density at radius 2 is 1.90 bits per heavy atom. The highest BCUT2D eigenvalue weighted by Gasteiger charge is 2.25. The van der Waals surface area contributed by atoms with Crippen molar-refractivity contribution in [3.05, 3.63) is 0 Å². The fourth-order valence-corrected chi connectivity index (χ4v) is 1.98. The molecule has 1 saturated heterocycles. The van der Waals surface area contributed by atoms with E-state index in [4.69, 9.17) is 4.74 Å². The predicted molar refractivity (Wildman–Crippen MR) is 76.4 cm³/mol. The number of ether oxygens (including phenoxy) is 1. The Labute approximate surface area is 119 Å². The first kappa shape index (κ1) is 16.4. The Morgan fingerprint density at radius 3 is 2.50 bits per heavy atom. The average molecular weight is 284 g/mol. The van der Waals surface area contributed by atoms with E-state index >= 15 is 0 Å². The third kappa shape index (κ3) is 5.56. The van der Waals surface area contributed by atoms with Crippen molar-refractivity contribution in [2.75, 3.05) is 40.4 Å². The highest BCUT2D eigenvalue weighted by atomic mass is 16.5. The van der Waals surface area contributed by atoms with Crippen LogP contribution in [0.5, 0.6) is 0 Å². The second kappa shape index (κ2) is 9.30. The lowest BCUT2D eigenvalue weighted by molar-refractivity contribution is -0.147. The number of imide groups is 1. The van der Waals surface area contributed by atoms with E-state index in [0.717, 1.165) is 13.0 Å². The summed E-state index contributed by atoms with van der Waals surface area (Å²) in [6, 6.07) is 0. The number of carbonyl (C=O) groups is 2. The van der Waals surface area contributed by atoms with Gasteiger partial charge in [-0.15, -0.1) is 0 Å². The number of rotatable bonds is 7. The minimum atomic E-state index is -0.0777. The van der Waals surface area contributed by atoms with Crippen molar-refractivity contribution < 1.29 is 14.3 Å². The summed E-state index contributed by atoms with van der Waals surface area (Å²) >= 11 is 0. The first-order chi connectivity index (χ1) is 9.69. The first-order valence-electron chi connectivity index (χ1n) is 6.95. The first-order valence-corrected chi connectivity index (χ1v) is 6.95. The molecule has 20 heavy (non-hydrogen) atoms. The number of amides is 2. The molecular weight excluding hydrogens is 260 g/mol. The van der Waals surface area contributed by atoms with E-state index in [9.17, 15) is 9.59 Å². The van der Waals surface area contributed by atoms with Gasteiger partial charge < -0.3 is 15.4 Å². The van der Waals surface area contributed by atoms with Crippen molar-refractivity contribution in [3.8, 4) is 0 Å². The lowest BCUT2D eigenvalue weighted by atomic mass is 10.1. The molecule has 2 N–H and O–H groups in total. The zero-order chi connectivity index (χ0) is 14.8. The van der Waals surface area contributed by atoms with E-state index in [1.165, 1.54) is 4.90 Å². The summed E-state index contributed by atoms with van der Waals surface area (Å²) < 4.78 is 4.96. The number of hydrogen-bond acceptors (Lipinski definition) is 4. The summed E-state index contributed by atoms with van der Waals surface area (Å²) in [6.07, 6.45) is 2.50. The van der Waals surface area contributed by atoms with Gasteiger partial charge in [0.15, 0.2) is 5.96 Å². The van der Waals surface area contributed by atoms with Crippen LogP contribution in [-0.2, 0) is 14.3 Å². The van der Waals surface area contributed by atoms with Crippen LogP contribution in [0.3, 0.4) is 0 Å². The van der Waals surface area contributed by atoms with Gasteiger partial charge >= 0.3 is 0 Å². The molecule has 7 heteroatoms. The molecule has 1 fully saturated rings. The van der Waals surface area contributed by atoms with Gasteiger partial charge in [0.05, 0.1) is 0 Å². The quantitative estimate of drug-likeness (QED) is 0.291. The largest absolute Gasteiger partial charge is 0.385 e. The summed E-state index contributed by atoms with van der Waals surface area (Å²) in [5.41, 5.74) is 0. The van der Waals surface area contributed by atoms with Crippen molar-refractivity contribution >= 4 is 17.8 Å². The fraction of sp³-hybridized carbons (Fsp3) is 0.769. The van der Waals surface area contributed by atoms with Crippen LogP contribution in [0.15, 0.2) is 4.99 Å². The molecule has 0 radical (unpaired) electrons. The normalized spacial score (nSPS) is 16.5. The summed E-state index contributed by atoms with van der Waals surface area (Å²) in [5, 5.41) is 6.22. The van der Waals surface area contributed by atoms with E-state index < -0.39 is 0 Å². The molecule has 0 aliphatic carbocycles. The molecule has 0 aromatic carbocycles. The third-order valence-corrected chi connectivity index (χ3v) is 3.05. The standard InChI is InChI=1S/C13H24N4O3/c1-14-13(15-7-4-10-20-2)16-8-9-17-11(18)5-3-6-12(17)19/h3-10H2,1-2H3,(H2,14,15,16). The molecule has 2 amide bonds. The summed E-state index contributed by atoms with van der Waals surface area (Å²) in [7, 11) is 3.35. The average Bonchev–Trinajstić information content (AvgIpc) is 2.44. The van der Waals surface area contributed by atoms with Gasteiger partial charge in [-0.05, 0) is 12.8 Å². The Morgan fingerprint density at radius 1 is 1.25 bits per heavy atom. The number of methoxy groups -OCH3 is 1. The van der Waals surface area contributed by atoms with Crippen molar-refractivity contribution in [1.82, 2.24) is 15.5 Å². The van der Waals surface area contributed by atoms with Crippen LogP contribution in [0.1, 0.15) is 25.7 Å². The van der Waals surface area contributed by atoms with Crippen molar-refractivity contribution in [1.29, 1.82) is 0 Å². The van der Waals surface area contributed by atoms with Crippen molar-refractivity contribution in [2.45, 2.75) is 25.7 Å². The summed E-state index contributed by atoms with van der Waals surface area (Å²) in [5.74, 6) is 0.509. The second-order valence-corrected chi connectivity index (χ2v) is 4.56. The molecule has 0 unspecified atom stereocenters. The molecule has 0 aromatic heterocycles. The van der Waals surface area contributed by atoms with Gasteiger partial charge in [0.25, 0.3) is 0 Å². The molecule has 7 nitrogen and oxygen atoms in total. The van der Waals surface area contributed by atoms with Gasteiger partial charge in [-0.1, -0.05) is 0 Å². The summed E-state index contributed by atoms with van der Waals surface area (Å²) in [6.45, 7) is 2.34. The molecule has 1 heterocycles. The zero-order valence-electron chi connectivity index (χ0n) is 12.3. The molecule has 0 atom stereocenters. The number of nitrogens with one attached hydrogen (secondary N) is 2.